The Morgan fingerprint density at radius 2 is 1.68 bits per heavy atom. The van der Waals surface area contributed by atoms with Crippen molar-refractivity contribution in [1.82, 2.24) is 15.0 Å². The normalized spacial score (nSPS) is 13.9. The van der Waals surface area contributed by atoms with E-state index >= 15 is 0 Å². The van der Waals surface area contributed by atoms with Gasteiger partial charge >= 0.3 is 0 Å². The lowest BCUT2D eigenvalue weighted by Gasteiger charge is -2.35. The van der Waals surface area contributed by atoms with E-state index in [-0.39, 0.29) is 5.54 Å². The SMILES string of the molecule is C=C1c2ccc(-n3cc(-c4cccc(CCCC)c4)nn3)cc2-c2cc3ccccc3c[n+]2C1(CC)CC. The van der Waals surface area contributed by atoms with Crippen molar-refractivity contribution in [2.45, 2.75) is 58.4 Å². The van der Waals surface area contributed by atoms with Gasteiger partial charge in [-0.05, 0) is 53.6 Å². The lowest BCUT2D eigenvalue weighted by molar-refractivity contribution is -0.740. The maximum Gasteiger partial charge on any atom is 0.214 e. The van der Waals surface area contributed by atoms with Crippen LogP contribution in [-0.2, 0) is 12.0 Å². The van der Waals surface area contributed by atoms with Crippen LogP contribution < -0.4 is 4.57 Å². The Morgan fingerprint density at radius 3 is 2.47 bits per heavy atom. The average molecular weight is 500 g/mol. The highest BCUT2D eigenvalue weighted by atomic mass is 15.4. The van der Waals surface area contributed by atoms with E-state index in [9.17, 15) is 0 Å². The van der Waals surface area contributed by atoms with E-state index in [0.717, 1.165) is 36.2 Å². The number of hydrogen-bond acceptors (Lipinski definition) is 2. The molecule has 0 N–H and O–H groups in total. The van der Waals surface area contributed by atoms with Gasteiger partial charge in [-0.1, -0.05) is 81.4 Å². The van der Waals surface area contributed by atoms with Crippen LogP contribution in [0.5, 0.6) is 0 Å². The van der Waals surface area contributed by atoms with Crippen LogP contribution in [0.3, 0.4) is 0 Å². The molecule has 0 unspecified atom stereocenters. The van der Waals surface area contributed by atoms with Crippen LogP contribution in [0.2, 0.25) is 0 Å². The molecule has 6 rings (SSSR count). The molecule has 0 saturated heterocycles. The fourth-order valence-corrected chi connectivity index (χ4v) is 6.10. The molecule has 0 spiro atoms. The minimum Gasteiger partial charge on any atom is -0.220 e. The highest BCUT2D eigenvalue weighted by molar-refractivity contribution is 5.89. The predicted octanol–water partition coefficient (Wildman–Crippen LogP) is 7.93. The van der Waals surface area contributed by atoms with Crippen LogP contribution in [0.4, 0.5) is 0 Å². The third-order valence-corrected chi connectivity index (χ3v) is 8.41. The quantitative estimate of drug-likeness (QED) is 0.213. The zero-order valence-electron chi connectivity index (χ0n) is 22.6. The lowest BCUT2D eigenvalue weighted by Crippen LogP contribution is -2.59. The second kappa shape index (κ2) is 9.68. The van der Waals surface area contributed by atoms with Crippen molar-refractivity contribution in [2.75, 3.05) is 0 Å². The number of aromatic nitrogens is 4. The minimum absolute atomic E-state index is 0.142. The summed E-state index contributed by atoms with van der Waals surface area (Å²) in [5.41, 5.74) is 9.02. The fraction of sp³-hybridized carbons (Fsp3) is 0.265. The summed E-state index contributed by atoms with van der Waals surface area (Å²) in [5, 5.41) is 11.6. The first-order valence-corrected chi connectivity index (χ1v) is 13.9. The maximum atomic E-state index is 4.65. The van der Waals surface area contributed by atoms with Crippen molar-refractivity contribution in [1.29, 1.82) is 0 Å². The number of nitrogens with zero attached hydrogens (tertiary/aromatic N) is 4. The third-order valence-electron chi connectivity index (χ3n) is 8.41. The Kier molecular flexibility index (Phi) is 6.19. The topological polar surface area (TPSA) is 34.6 Å². The molecular formula is C34H35N4+. The minimum atomic E-state index is -0.142. The smallest absolute Gasteiger partial charge is 0.214 e. The summed E-state index contributed by atoms with van der Waals surface area (Å²) in [6.45, 7) is 11.4. The number of allylic oxidation sites excluding steroid dienone is 1. The fourth-order valence-electron chi connectivity index (χ4n) is 6.10. The van der Waals surface area contributed by atoms with Crippen LogP contribution in [0, 0.1) is 0 Å². The van der Waals surface area contributed by atoms with Gasteiger partial charge in [-0.3, -0.25) is 0 Å². The van der Waals surface area contributed by atoms with Gasteiger partial charge in [-0.15, -0.1) is 5.10 Å². The second-order valence-corrected chi connectivity index (χ2v) is 10.5. The first-order chi connectivity index (χ1) is 18.6. The van der Waals surface area contributed by atoms with Crippen LogP contribution in [0.25, 0.3) is 44.5 Å². The number of unbranched alkanes of at least 4 members (excludes halogenated alkanes) is 1. The van der Waals surface area contributed by atoms with Crippen molar-refractivity contribution in [3.63, 3.8) is 0 Å². The molecule has 0 amide bonds. The van der Waals surface area contributed by atoms with Gasteiger partial charge in [0.15, 0.2) is 11.7 Å². The van der Waals surface area contributed by atoms with E-state index in [1.807, 2.05) is 10.9 Å². The van der Waals surface area contributed by atoms with Crippen LogP contribution in [-0.4, -0.2) is 15.0 Å². The second-order valence-electron chi connectivity index (χ2n) is 10.5. The van der Waals surface area contributed by atoms with Crippen LogP contribution in [0.15, 0.2) is 91.8 Å². The van der Waals surface area contributed by atoms with E-state index in [1.54, 1.807) is 0 Å². The van der Waals surface area contributed by atoms with Gasteiger partial charge in [0.05, 0.1) is 17.4 Å². The highest BCUT2D eigenvalue weighted by Crippen LogP contribution is 2.44. The largest absolute Gasteiger partial charge is 0.220 e. The first-order valence-electron chi connectivity index (χ1n) is 13.9. The van der Waals surface area contributed by atoms with Crippen molar-refractivity contribution < 1.29 is 4.57 Å². The van der Waals surface area contributed by atoms with Crippen molar-refractivity contribution in [3.8, 4) is 28.2 Å². The summed E-state index contributed by atoms with van der Waals surface area (Å²) in [4.78, 5) is 0. The molecule has 0 fully saturated rings. The van der Waals surface area contributed by atoms with E-state index in [2.05, 4.69) is 121 Å². The van der Waals surface area contributed by atoms with E-state index in [0.29, 0.717) is 0 Å². The molecule has 0 bridgehead atoms. The molecule has 1 aliphatic rings. The molecule has 0 atom stereocenters. The summed E-state index contributed by atoms with van der Waals surface area (Å²) in [6.07, 6.45) is 9.82. The zero-order valence-corrected chi connectivity index (χ0v) is 22.6. The van der Waals surface area contributed by atoms with Crippen molar-refractivity contribution >= 4 is 16.3 Å². The third kappa shape index (κ3) is 3.87. The zero-order chi connectivity index (χ0) is 26.3. The Bertz CT molecular complexity index is 1650. The van der Waals surface area contributed by atoms with Gasteiger partial charge in [-0.25, -0.2) is 4.68 Å². The van der Waals surface area contributed by atoms with Crippen molar-refractivity contribution in [2.24, 2.45) is 0 Å². The molecule has 190 valence electrons. The van der Waals surface area contributed by atoms with Crippen LogP contribution >= 0.6 is 0 Å². The molecule has 3 aromatic carbocycles. The number of aryl methyl sites for hydroxylation is 1. The molecule has 0 saturated carbocycles. The molecule has 2 aromatic heterocycles. The summed E-state index contributed by atoms with van der Waals surface area (Å²) < 4.78 is 4.36. The number of benzene rings is 3. The van der Waals surface area contributed by atoms with Crippen LogP contribution in [0.1, 0.15) is 57.6 Å². The molecule has 4 heteroatoms. The van der Waals surface area contributed by atoms with Gasteiger partial charge < -0.3 is 0 Å². The standard InChI is InChI=1S/C34H35N4/c1-5-8-12-25-13-11-16-27(19-25)32-23-38(36-35-32)29-17-18-30-24(4)34(6-2,7-3)37-22-28-15-10-9-14-26(28)20-33(37)31(30)21-29/h9-11,13-23H,4-8,12H2,1-3H3/q+1. The molecular weight excluding hydrogens is 464 g/mol. The molecule has 0 aliphatic carbocycles. The van der Waals surface area contributed by atoms with Gasteiger partial charge in [0.1, 0.15) is 5.69 Å². The van der Waals surface area contributed by atoms with Gasteiger partial charge in [0.25, 0.3) is 0 Å². The predicted molar refractivity (Wildman–Crippen MR) is 156 cm³/mol. The summed E-state index contributed by atoms with van der Waals surface area (Å²) in [5.74, 6) is 0. The van der Waals surface area contributed by atoms with E-state index in [4.69, 9.17) is 0 Å². The van der Waals surface area contributed by atoms with Gasteiger partial charge in [-0.2, -0.15) is 4.57 Å². The molecule has 4 nitrogen and oxygen atoms in total. The Hall–Kier alpha value is -4.05. The number of pyridine rings is 1. The van der Waals surface area contributed by atoms with E-state index in [1.165, 1.54) is 51.6 Å². The Labute approximate surface area is 225 Å². The Balaban J connectivity index is 1.45. The summed E-state index contributed by atoms with van der Waals surface area (Å²) in [6, 6.07) is 26.2. The molecule has 0 radical (unpaired) electrons. The highest BCUT2D eigenvalue weighted by Gasteiger charge is 2.46. The van der Waals surface area contributed by atoms with E-state index < -0.39 is 0 Å². The monoisotopic (exact) mass is 499 g/mol. The summed E-state index contributed by atoms with van der Waals surface area (Å²) >= 11 is 0. The Morgan fingerprint density at radius 1 is 0.868 bits per heavy atom. The summed E-state index contributed by atoms with van der Waals surface area (Å²) in [7, 11) is 0. The van der Waals surface area contributed by atoms with Gasteiger partial charge in [0.2, 0.25) is 5.69 Å². The molecule has 5 aromatic rings. The van der Waals surface area contributed by atoms with Crippen molar-refractivity contribution in [3.05, 3.63) is 103 Å². The number of hydrogen-bond donors (Lipinski definition) is 0. The van der Waals surface area contributed by atoms with Gasteiger partial charge in [0, 0.05) is 35.4 Å². The lowest BCUT2D eigenvalue weighted by atomic mass is 9.75. The average Bonchev–Trinajstić information content (AvgIpc) is 3.47. The number of fused-ring (bicyclic) bond motifs is 4. The molecule has 1 aliphatic heterocycles. The number of rotatable bonds is 7. The molecule has 38 heavy (non-hydrogen) atoms. The first kappa shape index (κ1) is 24.3. The molecule has 3 heterocycles. The maximum absolute atomic E-state index is 4.65.